The summed E-state index contributed by atoms with van der Waals surface area (Å²) < 4.78 is 5.92. The van der Waals surface area contributed by atoms with Crippen molar-refractivity contribution in [3.8, 4) is 5.75 Å². The van der Waals surface area contributed by atoms with Crippen molar-refractivity contribution in [2.24, 2.45) is 0 Å². The number of hydrogen-bond acceptors (Lipinski definition) is 4. The summed E-state index contributed by atoms with van der Waals surface area (Å²) in [4.78, 5) is 13.8. The third-order valence-electron chi connectivity index (χ3n) is 3.39. The van der Waals surface area contributed by atoms with Gasteiger partial charge in [0.15, 0.2) is 0 Å². The van der Waals surface area contributed by atoms with Crippen molar-refractivity contribution in [2.75, 3.05) is 19.0 Å². The highest BCUT2D eigenvalue weighted by atomic mass is 127. The van der Waals surface area contributed by atoms with E-state index in [1.807, 2.05) is 34.7 Å². The number of nitrogens with one attached hydrogen (secondary N) is 2. The number of nitro groups is 1. The van der Waals surface area contributed by atoms with Crippen LogP contribution in [0.5, 0.6) is 5.75 Å². The molecule has 21 heavy (non-hydrogen) atoms. The number of nitro benzene ring substituents is 1. The molecule has 1 aliphatic rings. The number of anilines is 1. The van der Waals surface area contributed by atoms with E-state index in [2.05, 4.69) is 10.3 Å². The Morgan fingerprint density at radius 1 is 1.43 bits per heavy atom. The van der Waals surface area contributed by atoms with Crippen molar-refractivity contribution in [3.63, 3.8) is 0 Å². The average Bonchev–Trinajstić information content (AvgIpc) is 3.06. The number of aromatic amines is 1. The molecule has 1 aromatic carbocycles. The molecule has 1 aliphatic heterocycles. The lowest BCUT2D eigenvalue weighted by Gasteiger charge is -2.04. The van der Waals surface area contributed by atoms with Gasteiger partial charge >= 0.3 is 0 Å². The molecule has 0 fully saturated rings. The summed E-state index contributed by atoms with van der Waals surface area (Å²) in [6, 6.07) is 5.13. The minimum Gasteiger partial charge on any atom is -0.495 e. The summed E-state index contributed by atoms with van der Waals surface area (Å²) in [5.41, 5.74) is 3.79. The zero-order chi connectivity index (χ0) is 15.0. The van der Waals surface area contributed by atoms with Crippen molar-refractivity contribution >= 4 is 45.6 Å². The van der Waals surface area contributed by atoms with Crippen LogP contribution in [0.15, 0.2) is 24.4 Å². The number of benzene rings is 1. The molecule has 3 rings (SSSR count). The Balaban J connectivity index is 2.11. The molecule has 108 valence electrons. The minimum absolute atomic E-state index is 0.127. The number of rotatable bonds is 3. The van der Waals surface area contributed by atoms with Crippen molar-refractivity contribution in [3.05, 3.63) is 49.3 Å². The number of hydrogen-bond donors (Lipinski definition) is 2. The number of halogens is 1. The van der Waals surface area contributed by atoms with E-state index in [0.29, 0.717) is 10.1 Å². The second kappa shape index (κ2) is 5.40. The lowest BCUT2D eigenvalue weighted by Crippen LogP contribution is -1.95. The second-order valence-electron chi connectivity index (χ2n) is 4.56. The quantitative estimate of drug-likeness (QED) is 0.472. The van der Waals surface area contributed by atoms with Crippen LogP contribution in [0.2, 0.25) is 0 Å². The van der Waals surface area contributed by atoms with Gasteiger partial charge in [0.05, 0.1) is 17.7 Å². The Morgan fingerprint density at radius 2 is 2.24 bits per heavy atom. The van der Waals surface area contributed by atoms with Crippen LogP contribution in [0.4, 0.5) is 11.4 Å². The molecule has 2 N–H and O–H groups in total. The summed E-state index contributed by atoms with van der Waals surface area (Å²) in [5, 5.41) is 14.3. The van der Waals surface area contributed by atoms with Crippen LogP contribution in [0.1, 0.15) is 11.3 Å². The van der Waals surface area contributed by atoms with E-state index in [-0.39, 0.29) is 10.6 Å². The fourth-order valence-corrected chi connectivity index (χ4v) is 3.42. The SMILES string of the molecule is COc1cc[nH]c1/C=C1\CNc2ccc([N+](=O)[O-])c(I)c21. The molecule has 0 unspecified atom stereocenters. The maximum atomic E-state index is 11.1. The fraction of sp³-hybridized carbons (Fsp3) is 0.143. The first kappa shape index (κ1) is 13.9. The van der Waals surface area contributed by atoms with Crippen LogP contribution in [-0.2, 0) is 0 Å². The molecule has 0 saturated carbocycles. The standard InChI is InChI=1S/C14H12IN3O3/c1-21-12-4-5-16-10(12)6-8-7-17-9-2-3-11(18(19)20)14(15)13(8)9/h2-6,16-17H,7H2,1H3/b8-6+. The molecule has 1 aromatic heterocycles. The molecule has 2 heterocycles. The van der Waals surface area contributed by atoms with E-state index in [1.54, 1.807) is 19.4 Å². The first-order chi connectivity index (χ1) is 10.1. The van der Waals surface area contributed by atoms with E-state index >= 15 is 0 Å². The molecule has 7 heteroatoms. The zero-order valence-corrected chi connectivity index (χ0v) is 13.3. The van der Waals surface area contributed by atoms with Gasteiger partial charge in [0, 0.05) is 30.1 Å². The van der Waals surface area contributed by atoms with Crippen LogP contribution < -0.4 is 10.1 Å². The summed E-state index contributed by atoms with van der Waals surface area (Å²) in [5.74, 6) is 0.747. The Kier molecular flexibility index (Phi) is 3.58. The second-order valence-corrected chi connectivity index (χ2v) is 5.64. The first-order valence-electron chi connectivity index (χ1n) is 6.25. The Bertz CT molecular complexity index is 752. The van der Waals surface area contributed by atoms with E-state index in [0.717, 1.165) is 28.3 Å². The lowest BCUT2D eigenvalue weighted by molar-refractivity contribution is -0.385. The highest BCUT2D eigenvalue weighted by Gasteiger charge is 2.25. The Morgan fingerprint density at radius 3 is 2.95 bits per heavy atom. The van der Waals surface area contributed by atoms with Crippen LogP contribution in [-0.4, -0.2) is 23.6 Å². The molecule has 0 aliphatic carbocycles. The van der Waals surface area contributed by atoms with Crippen molar-refractivity contribution in [1.29, 1.82) is 0 Å². The first-order valence-corrected chi connectivity index (χ1v) is 7.32. The van der Waals surface area contributed by atoms with Gasteiger partial charge in [-0.15, -0.1) is 0 Å². The summed E-state index contributed by atoms with van der Waals surface area (Å²) >= 11 is 2.03. The van der Waals surface area contributed by atoms with Gasteiger partial charge in [0.2, 0.25) is 0 Å². The van der Waals surface area contributed by atoms with Gasteiger partial charge in [-0.05, 0) is 46.4 Å². The number of fused-ring (bicyclic) bond motifs is 1. The molecule has 2 aromatic rings. The van der Waals surface area contributed by atoms with E-state index in [1.165, 1.54) is 6.07 Å². The molecular weight excluding hydrogens is 385 g/mol. The number of H-pyrrole nitrogens is 1. The predicted molar refractivity (Wildman–Crippen MR) is 89.5 cm³/mol. The van der Waals surface area contributed by atoms with E-state index in [4.69, 9.17) is 4.74 Å². The largest absolute Gasteiger partial charge is 0.495 e. The predicted octanol–water partition coefficient (Wildman–Crippen LogP) is 3.50. The number of aromatic nitrogens is 1. The van der Waals surface area contributed by atoms with Crippen molar-refractivity contribution in [1.82, 2.24) is 4.98 Å². The molecule has 0 saturated heterocycles. The summed E-state index contributed by atoms with van der Waals surface area (Å²) in [7, 11) is 1.61. The lowest BCUT2D eigenvalue weighted by atomic mass is 10.1. The van der Waals surface area contributed by atoms with Crippen LogP contribution in [0.25, 0.3) is 11.6 Å². The van der Waals surface area contributed by atoms with Gasteiger partial charge < -0.3 is 15.0 Å². The molecule has 0 atom stereocenters. The third-order valence-corrected chi connectivity index (χ3v) is 4.48. The Hall–Kier alpha value is -2.03. The van der Waals surface area contributed by atoms with Gasteiger partial charge in [-0.2, -0.15) is 0 Å². The molecule has 0 bridgehead atoms. The summed E-state index contributed by atoms with van der Waals surface area (Å²) in [6.07, 6.45) is 3.76. The number of methoxy groups -OCH3 is 1. The van der Waals surface area contributed by atoms with Gasteiger partial charge in [-0.3, -0.25) is 10.1 Å². The summed E-state index contributed by atoms with van der Waals surface area (Å²) in [6.45, 7) is 0.634. The normalized spacial score (nSPS) is 14.9. The Labute approximate surface area is 134 Å². The van der Waals surface area contributed by atoms with E-state index in [9.17, 15) is 10.1 Å². The van der Waals surface area contributed by atoms with Gasteiger partial charge in [-0.25, -0.2) is 0 Å². The average molecular weight is 397 g/mol. The van der Waals surface area contributed by atoms with Crippen molar-refractivity contribution < 1.29 is 9.66 Å². The fourth-order valence-electron chi connectivity index (χ4n) is 2.40. The highest BCUT2D eigenvalue weighted by molar-refractivity contribution is 14.1. The van der Waals surface area contributed by atoms with Gasteiger partial charge in [-0.1, -0.05) is 0 Å². The van der Waals surface area contributed by atoms with Crippen LogP contribution in [0.3, 0.4) is 0 Å². The molecular formula is C14H12IN3O3. The van der Waals surface area contributed by atoms with Crippen LogP contribution in [0, 0.1) is 13.7 Å². The number of ether oxygens (including phenoxy) is 1. The van der Waals surface area contributed by atoms with Gasteiger partial charge in [0.1, 0.15) is 9.32 Å². The highest BCUT2D eigenvalue weighted by Crippen LogP contribution is 2.40. The molecule has 0 amide bonds. The maximum Gasteiger partial charge on any atom is 0.283 e. The monoisotopic (exact) mass is 397 g/mol. The topological polar surface area (TPSA) is 80.2 Å². The zero-order valence-electron chi connectivity index (χ0n) is 11.1. The van der Waals surface area contributed by atoms with Crippen LogP contribution >= 0.6 is 22.6 Å². The van der Waals surface area contributed by atoms with Crippen molar-refractivity contribution in [2.45, 2.75) is 0 Å². The minimum atomic E-state index is -0.354. The van der Waals surface area contributed by atoms with E-state index < -0.39 is 0 Å². The smallest absolute Gasteiger partial charge is 0.283 e. The molecule has 0 radical (unpaired) electrons. The molecule has 0 spiro atoms. The molecule has 6 nitrogen and oxygen atoms in total. The third kappa shape index (κ3) is 2.37. The number of nitrogens with zero attached hydrogens (tertiary/aromatic N) is 1. The van der Waals surface area contributed by atoms with Gasteiger partial charge in [0.25, 0.3) is 5.69 Å². The maximum absolute atomic E-state index is 11.1.